The Bertz CT molecular complexity index is 798. The van der Waals surface area contributed by atoms with E-state index < -0.39 is 11.0 Å². The SMILES string of the molecule is CC(C)(C)OC(=O)N1CC(C)(C(=O)c2ccc3ccccc3c2)C1. The molecule has 4 nitrogen and oxygen atoms in total. The molecule has 0 atom stereocenters. The van der Waals surface area contributed by atoms with Crippen LogP contribution >= 0.6 is 0 Å². The van der Waals surface area contributed by atoms with Gasteiger partial charge in [0.2, 0.25) is 0 Å². The molecule has 0 aliphatic carbocycles. The van der Waals surface area contributed by atoms with Crippen LogP contribution in [0.1, 0.15) is 38.1 Å². The van der Waals surface area contributed by atoms with Crippen molar-refractivity contribution >= 4 is 22.6 Å². The molecule has 0 spiro atoms. The summed E-state index contributed by atoms with van der Waals surface area (Å²) in [6, 6.07) is 13.7. The zero-order chi connectivity index (χ0) is 17.5. The van der Waals surface area contributed by atoms with Crippen molar-refractivity contribution in [3.05, 3.63) is 48.0 Å². The molecule has 2 aromatic carbocycles. The number of nitrogens with zero attached hydrogens (tertiary/aromatic N) is 1. The van der Waals surface area contributed by atoms with E-state index in [1.54, 1.807) is 4.90 Å². The summed E-state index contributed by atoms with van der Waals surface area (Å²) in [7, 11) is 0. The van der Waals surface area contributed by atoms with Gasteiger partial charge in [-0.25, -0.2) is 4.79 Å². The average molecular weight is 325 g/mol. The van der Waals surface area contributed by atoms with E-state index in [0.29, 0.717) is 18.7 Å². The third-order valence-electron chi connectivity index (χ3n) is 4.29. The number of amides is 1. The molecule has 0 unspecified atom stereocenters. The van der Waals surface area contributed by atoms with Crippen molar-refractivity contribution < 1.29 is 14.3 Å². The first-order valence-electron chi connectivity index (χ1n) is 8.20. The molecule has 0 bridgehead atoms. The third kappa shape index (κ3) is 3.14. The van der Waals surface area contributed by atoms with Gasteiger partial charge >= 0.3 is 6.09 Å². The minimum Gasteiger partial charge on any atom is -0.444 e. The summed E-state index contributed by atoms with van der Waals surface area (Å²) in [6.45, 7) is 8.21. The third-order valence-corrected chi connectivity index (χ3v) is 4.29. The molecule has 1 amide bonds. The number of likely N-dealkylation sites (tertiary alicyclic amines) is 1. The van der Waals surface area contributed by atoms with Gasteiger partial charge < -0.3 is 9.64 Å². The second kappa shape index (κ2) is 5.62. The van der Waals surface area contributed by atoms with Crippen LogP contribution in [0.5, 0.6) is 0 Å². The summed E-state index contributed by atoms with van der Waals surface area (Å²) in [5, 5.41) is 2.17. The second-order valence-corrected chi connectivity index (χ2v) is 7.79. The Morgan fingerprint density at radius 3 is 2.29 bits per heavy atom. The molecule has 3 rings (SSSR count). The summed E-state index contributed by atoms with van der Waals surface area (Å²) in [6.07, 6.45) is -0.355. The van der Waals surface area contributed by atoms with E-state index in [1.807, 2.05) is 70.2 Å². The monoisotopic (exact) mass is 325 g/mol. The highest BCUT2D eigenvalue weighted by Gasteiger charge is 2.48. The summed E-state index contributed by atoms with van der Waals surface area (Å²) in [4.78, 5) is 26.5. The van der Waals surface area contributed by atoms with Gasteiger partial charge in [-0.1, -0.05) is 36.4 Å². The Labute approximate surface area is 142 Å². The minimum atomic E-state index is -0.542. The maximum atomic E-state index is 12.9. The van der Waals surface area contributed by atoms with Crippen LogP contribution in [0, 0.1) is 5.41 Å². The normalized spacial score (nSPS) is 16.6. The Morgan fingerprint density at radius 2 is 1.67 bits per heavy atom. The number of Topliss-reactive ketones (excluding diaryl/α,β-unsaturated/α-hetero) is 1. The molecule has 0 saturated carbocycles. The van der Waals surface area contributed by atoms with Crippen LogP contribution in [0.4, 0.5) is 4.79 Å². The quantitative estimate of drug-likeness (QED) is 0.774. The largest absolute Gasteiger partial charge is 0.444 e. The van der Waals surface area contributed by atoms with E-state index in [0.717, 1.165) is 10.8 Å². The van der Waals surface area contributed by atoms with Crippen LogP contribution < -0.4 is 0 Å². The topological polar surface area (TPSA) is 46.6 Å². The Morgan fingerprint density at radius 1 is 1.04 bits per heavy atom. The molecular weight excluding hydrogens is 302 g/mol. The van der Waals surface area contributed by atoms with Crippen LogP contribution in [0.25, 0.3) is 10.8 Å². The molecule has 1 fully saturated rings. The molecule has 0 radical (unpaired) electrons. The first-order chi connectivity index (χ1) is 11.2. The van der Waals surface area contributed by atoms with Crippen molar-refractivity contribution in [3.63, 3.8) is 0 Å². The molecule has 1 heterocycles. The molecule has 0 aromatic heterocycles. The number of rotatable bonds is 2. The summed E-state index contributed by atoms with van der Waals surface area (Å²) >= 11 is 0. The predicted octanol–water partition coefficient (Wildman–Crippen LogP) is 4.28. The summed E-state index contributed by atoms with van der Waals surface area (Å²) in [5.41, 5.74) is -0.370. The Hall–Kier alpha value is -2.36. The maximum absolute atomic E-state index is 12.9. The van der Waals surface area contributed by atoms with Crippen LogP contribution in [-0.2, 0) is 4.74 Å². The molecule has 1 saturated heterocycles. The van der Waals surface area contributed by atoms with Gasteiger partial charge in [-0.2, -0.15) is 0 Å². The molecule has 24 heavy (non-hydrogen) atoms. The lowest BCUT2D eigenvalue weighted by Crippen LogP contribution is -2.61. The smallest absolute Gasteiger partial charge is 0.410 e. The van der Waals surface area contributed by atoms with Gasteiger partial charge in [0.25, 0.3) is 0 Å². The zero-order valence-electron chi connectivity index (χ0n) is 14.6. The highest BCUT2D eigenvalue weighted by molar-refractivity contribution is 6.04. The van der Waals surface area contributed by atoms with Crippen molar-refractivity contribution in [2.75, 3.05) is 13.1 Å². The van der Waals surface area contributed by atoms with Crippen molar-refractivity contribution in [1.82, 2.24) is 4.90 Å². The van der Waals surface area contributed by atoms with E-state index in [1.165, 1.54) is 0 Å². The van der Waals surface area contributed by atoms with Gasteiger partial charge in [0.05, 0.1) is 5.41 Å². The minimum absolute atomic E-state index is 0.0769. The molecule has 4 heteroatoms. The van der Waals surface area contributed by atoms with E-state index >= 15 is 0 Å². The fourth-order valence-corrected chi connectivity index (χ4v) is 3.07. The number of hydrogen-bond acceptors (Lipinski definition) is 3. The van der Waals surface area contributed by atoms with E-state index in [9.17, 15) is 9.59 Å². The number of benzene rings is 2. The number of ether oxygens (including phenoxy) is 1. The lowest BCUT2D eigenvalue weighted by atomic mass is 9.75. The Balaban J connectivity index is 1.72. The average Bonchev–Trinajstić information content (AvgIpc) is 2.48. The number of ketones is 1. The zero-order valence-corrected chi connectivity index (χ0v) is 14.6. The van der Waals surface area contributed by atoms with Gasteiger partial charge in [0, 0.05) is 18.7 Å². The molecule has 1 aliphatic rings. The molecule has 2 aromatic rings. The fraction of sp³-hybridized carbons (Fsp3) is 0.400. The van der Waals surface area contributed by atoms with E-state index in [4.69, 9.17) is 4.74 Å². The van der Waals surface area contributed by atoms with Gasteiger partial charge in [-0.15, -0.1) is 0 Å². The first-order valence-corrected chi connectivity index (χ1v) is 8.20. The molecular formula is C20H23NO3. The summed E-state index contributed by atoms with van der Waals surface area (Å²) < 4.78 is 5.35. The van der Waals surface area contributed by atoms with Crippen molar-refractivity contribution in [2.45, 2.75) is 33.3 Å². The number of carbonyl (C=O) groups excluding carboxylic acids is 2. The Kier molecular flexibility index (Phi) is 3.86. The van der Waals surface area contributed by atoms with Crippen LogP contribution in [0.2, 0.25) is 0 Å². The van der Waals surface area contributed by atoms with Crippen LogP contribution in [-0.4, -0.2) is 35.5 Å². The van der Waals surface area contributed by atoms with Gasteiger partial charge in [0.1, 0.15) is 5.60 Å². The van der Waals surface area contributed by atoms with Crippen molar-refractivity contribution in [3.8, 4) is 0 Å². The maximum Gasteiger partial charge on any atom is 0.410 e. The molecule has 0 N–H and O–H groups in total. The van der Waals surface area contributed by atoms with Crippen LogP contribution in [0.15, 0.2) is 42.5 Å². The summed E-state index contributed by atoms with van der Waals surface area (Å²) in [5.74, 6) is 0.0769. The fourth-order valence-electron chi connectivity index (χ4n) is 3.07. The van der Waals surface area contributed by atoms with Gasteiger partial charge in [0.15, 0.2) is 5.78 Å². The predicted molar refractivity (Wildman–Crippen MR) is 94.2 cm³/mol. The lowest BCUT2D eigenvalue weighted by molar-refractivity contribution is -0.0197. The van der Waals surface area contributed by atoms with Gasteiger partial charge in [-0.3, -0.25) is 4.79 Å². The lowest BCUT2D eigenvalue weighted by Gasteiger charge is -2.46. The number of hydrogen-bond donors (Lipinski definition) is 0. The first kappa shape index (κ1) is 16.5. The second-order valence-electron chi connectivity index (χ2n) is 7.79. The van der Waals surface area contributed by atoms with Gasteiger partial charge in [-0.05, 0) is 44.5 Å². The van der Waals surface area contributed by atoms with Crippen molar-refractivity contribution in [1.29, 1.82) is 0 Å². The molecule has 126 valence electrons. The number of carbonyl (C=O) groups is 2. The molecule has 1 aliphatic heterocycles. The highest BCUT2D eigenvalue weighted by Crippen LogP contribution is 2.35. The van der Waals surface area contributed by atoms with Crippen molar-refractivity contribution in [2.24, 2.45) is 5.41 Å². The standard InChI is InChI=1S/C20H23NO3/c1-19(2,3)24-18(23)21-12-20(4,13-21)17(22)16-10-9-14-7-5-6-8-15(14)11-16/h5-11H,12-13H2,1-4H3. The highest BCUT2D eigenvalue weighted by atomic mass is 16.6. The van der Waals surface area contributed by atoms with Crippen LogP contribution in [0.3, 0.4) is 0 Å². The van der Waals surface area contributed by atoms with E-state index in [-0.39, 0.29) is 11.9 Å². The van der Waals surface area contributed by atoms with E-state index in [2.05, 4.69) is 0 Å². The number of fused-ring (bicyclic) bond motifs is 1.